The van der Waals surface area contributed by atoms with E-state index in [4.69, 9.17) is 4.52 Å². The Balaban J connectivity index is 1.36. The summed E-state index contributed by atoms with van der Waals surface area (Å²) >= 11 is 1.75. The minimum absolute atomic E-state index is 0.314. The van der Waals surface area contributed by atoms with E-state index in [1.165, 1.54) is 63.4 Å². The van der Waals surface area contributed by atoms with Crippen molar-refractivity contribution >= 4 is 17.8 Å². The molecular weight excluding hydrogens is 410 g/mol. The van der Waals surface area contributed by atoms with Gasteiger partial charge in [0.25, 0.3) is 0 Å². The number of hydrogen-bond acceptors (Lipinski definition) is 3. The smallest absolute Gasteiger partial charge is 0.164 e. The van der Waals surface area contributed by atoms with Crippen molar-refractivity contribution in [2.75, 3.05) is 6.26 Å². The first-order chi connectivity index (χ1) is 15.3. The molecule has 0 spiro atoms. The van der Waals surface area contributed by atoms with Gasteiger partial charge in [0.2, 0.25) is 0 Å². The van der Waals surface area contributed by atoms with Gasteiger partial charge in [-0.2, -0.15) is 0 Å². The molecule has 1 heterocycles. The number of rotatable bonds is 6. The van der Waals surface area contributed by atoms with Crippen LogP contribution in [0, 0.1) is 46.3 Å². The molecule has 4 aliphatic carbocycles. The molecule has 1 aromatic rings. The zero-order valence-electron chi connectivity index (χ0n) is 21.4. The first-order valence-corrected chi connectivity index (χ1v) is 14.7. The van der Waals surface area contributed by atoms with E-state index >= 15 is 0 Å². The highest BCUT2D eigenvalue weighted by molar-refractivity contribution is 7.98. The largest absolute Gasteiger partial charge is 0.355 e. The van der Waals surface area contributed by atoms with Crippen LogP contribution < -0.4 is 0 Å². The third-order valence-corrected chi connectivity index (χ3v) is 11.5. The van der Waals surface area contributed by atoms with Crippen LogP contribution in [0.1, 0.15) is 104 Å². The highest BCUT2D eigenvalue weighted by atomic mass is 32.2. The topological polar surface area (TPSA) is 26.0 Å². The molecule has 2 nitrogen and oxygen atoms in total. The van der Waals surface area contributed by atoms with Crippen LogP contribution in [0.4, 0.5) is 0 Å². The van der Waals surface area contributed by atoms with Gasteiger partial charge in [-0.15, -0.1) is 11.8 Å². The summed E-state index contributed by atoms with van der Waals surface area (Å²) in [6, 6.07) is 0. The second kappa shape index (κ2) is 8.51. The van der Waals surface area contributed by atoms with Crippen molar-refractivity contribution in [1.29, 1.82) is 0 Å². The molecule has 0 aromatic carbocycles. The maximum absolute atomic E-state index is 5.73. The second-order valence-corrected chi connectivity index (χ2v) is 13.5. The molecule has 0 radical (unpaired) electrons. The van der Waals surface area contributed by atoms with Crippen LogP contribution in [-0.4, -0.2) is 11.4 Å². The summed E-state index contributed by atoms with van der Waals surface area (Å²) in [5.74, 6) is 6.45. The summed E-state index contributed by atoms with van der Waals surface area (Å²) in [6.07, 6.45) is 18.5. The van der Waals surface area contributed by atoms with Crippen LogP contribution in [0.15, 0.2) is 15.1 Å². The lowest BCUT2D eigenvalue weighted by molar-refractivity contribution is -0.0552. The molecule has 0 N–H and O–H groups in total. The highest BCUT2D eigenvalue weighted by Gasteiger charge is 2.59. The molecule has 32 heavy (non-hydrogen) atoms. The van der Waals surface area contributed by atoms with Crippen molar-refractivity contribution in [3.05, 3.63) is 16.9 Å². The summed E-state index contributed by atoms with van der Waals surface area (Å²) < 4.78 is 5.73. The van der Waals surface area contributed by atoms with E-state index in [1.54, 1.807) is 17.3 Å². The SMILES string of the molecule is CSc1noc2c1C[C@@]1(C)C(=C2)CC[C@H]2[C@@H]3CC[C@H]([C@H](C)CCCC(C)C)[C@@]3(C)CC[C@@H]21. The summed E-state index contributed by atoms with van der Waals surface area (Å²) in [7, 11) is 0. The molecule has 7 atom stereocenters. The van der Waals surface area contributed by atoms with Gasteiger partial charge in [0.15, 0.2) is 5.76 Å². The van der Waals surface area contributed by atoms with Gasteiger partial charge in [-0.1, -0.05) is 64.6 Å². The van der Waals surface area contributed by atoms with E-state index in [0.29, 0.717) is 10.8 Å². The Kier molecular flexibility index (Phi) is 6.13. The van der Waals surface area contributed by atoms with E-state index in [0.717, 1.165) is 52.7 Å². The van der Waals surface area contributed by atoms with Gasteiger partial charge < -0.3 is 4.52 Å². The van der Waals surface area contributed by atoms with Gasteiger partial charge in [0.1, 0.15) is 5.03 Å². The van der Waals surface area contributed by atoms with Crippen LogP contribution >= 0.6 is 11.8 Å². The fraction of sp³-hybridized carbons (Fsp3) is 0.828. The molecule has 3 saturated carbocycles. The summed E-state index contributed by atoms with van der Waals surface area (Å²) in [5.41, 5.74) is 3.95. The van der Waals surface area contributed by atoms with Gasteiger partial charge in [-0.25, -0.2) is 0 Å². The molecule has 5 rings (SSSR count). The number of fused-ring (bicyclic) bond motifs is 6. The Morgan fingerprint density at radius 2 is 1.91 bits per heavy atom. The second-order valence-electron chi connectivity index (χ2n) is 12.7. The first-order valence-electron chi connectivity index (χ1n) is 13.5. The van der Waals surface area contributed by atoms with Crippen LogP contribution in [0.25, 0.3) is 6.08 Å². The molecule has 0 unspecified atom stereocenters. The molecular formula is C29H45NOS. The average molecular weight is 456 g/mol. The molecule has 178 valence electrons. The minimum Gasteiger partial charge on any atom is -0.355 e. The van der Waals surface area contributed by atoms with Gasteiger partial charge in [-0.05, 0) is 104 Å². The molecule has 0 bridgehead atoms. The summed E-state index contributed by atoms with van der Waals surface area (Å²) in [5, 5.41) is 5.50. The van der Waals surface area contributed by atoms with Crippen LogP contribution in [0.5, 0.6) is 0 Å². The van der Waals surface area contributed by atoms with Crippen LogP contribution in [0.3, 0.4) is 0 Å². The van der Waals surface area contributed by atoms with Crippen LogP contribution in [0.2, 0.25) is 0 Å². The zero-order valence-corrected chi connectivity index (χ0v) is 22.2. The Labute approximate surface area is 200 Å². The van der Waals surface area contributed by atoms with Crippen molar-refractivity contribution in [2.24, 2.45) is 46.3 Å². The van der Waals surface area contributed by atoms with Crippen molar-refractivity contribution in [3.8, 4) is 0 Å². The fourth-order valence-electron chi connectivity index (χ4n) is 9.10. The summed E-state index contributed by atoms with van der Waals surface area (Å²) in [4.78, 5) is 0. The number of thioether (sulfide) groups is 1. The minimum atomic E-state index is 0.314. The molecule has 3 fully saturated rings. The van der Waals surface area contributed by atoms with E-state index < -0.39 is 0 Å². The Morgan fingerprint density at radius 3 is 2.66 bits per heavy atom. The number of hydrogen-bond donors (Lipinski definition) is 0. The van der Waals surface area contributed by atoms with Gasteiger partial charge in [-0.3, -0.25) is 0 Å². The van der Waals surface area contributed by atoms with Gasteiger partial charge in [0.05, 0.1) is 0 Å². The Morgan fingerprint density at radius 1 is 1.09 bits per heavy atom. The van der Waals surface area contributed by atoms with Crippen molar-refractivity contribution in [2.45, 2.75) is 104 Å². The Hall–Kier alpha value is -0.700. The third kappa shape index (κ3) is 3.55. The van der Waals surface area contributed by atoms with Gasteiger partial charge in [0, 0.05) is 5.56 Å². The van der Waals surface area contributed by atoms with Crippen molar-refractivity contribution in [3.63, 3.8) is 0 Å². The molecule has 3 heteroatoms. The number of allylic oxidation sites excluding steroid dienone is 1. The standard InChI is InChI=1S/C29H45NOS/c1-18(2)8-7-9-19(3)23-12-13-24-21-11-10-20-16-26-22(27(32-6)30-31-26)17-29(20,5)25(21)14-15-28(23,24)4/h16,18-19,21,23-25H,7-15,17H2,1-6H3/t19-,21+,23-,24+,25+,28-,29+/m1/s1. The number of aromatic nitrogens is 1. The molecule has 0 aliphatic heterocycles. The normalized spacial score (nSPS) is 39.2. The predicted molar refractivity (Wildman–Crippen MR) is 136 cm³/mol. The van der Waals surface area contributed by atoms with Gasteiger partial charge >= 0.3 is 0 Å². The van der Waals surface area contributed by atoms with E-state index in [9.17, 15) is 0 Å². The molecule has 4 aliphatic rings. The van der Waals surface area contributed by atoms with Crippen LogP contribution in [-0.2, 0) is 6.42 Å². The third-order valence-electron chi connectivity index (χ3n) is 10.8. The lowest BCUT2D eigenvalue weighted by Crippen LogP contribution is -2.51. The monoisotopic (exact) mass is 455 g/mol. The molecule has 0 amide bonds. The quantitative estimate of drug-likeness (QED) is 0.401. The maximum Gasteiger partial charge on any atom is 0.164 e. The van der Waals surface area contributed by atoms with E-state index in [2.05, 4.69) is 52.1 Å². The molecule has 1 aromatic heterocycles. The fourth-order valence-corrected chi connectivity index (χ4v) is 9.63. The number of nitrogens with zero attached hydrogens (tertiary/aromatic N) is 1. The zero-order chi connectivity index (χ0) is 22.7. The van der Waals surface area contributed by atoms with Crippen molar-refractivity contribution < 1.29 is 4.52 Å². The van der Waals surface area contributed by atoms with E-state index in [1.807, 2.05) is 0 Å². The predicted octanol–water partition coefficient (Wildman–Crippen LogP) is 8.66. The first kappa shape index (κ1) is 23.1. The van der Waals surface area contributed by atoms with Crippen molar-refractivity contribution in [1.82, 2.24) is 5.16 Å². The lowest BCUT2D eigenvalue weighted by atomic mass is 9.46. The lowest BCUT2D eigenvalue weighted by Gasteiger charge is -2.58. The highest BCUT2D eigenvalue weighted by Crippen LogP contribution is 2.67. The maximum atomic E-state index is 5.73. The Bertz CT molecular complexity index is 871. The van der Waals surface area contributed by atoms with E-state index in [-0.39, 0.29) is 0 Å². The molecule has 0 saturated heterocycles. The average Bonchev–Trinajstić information content (AvgIpc) is 3.31. The summed E-state index contributed by atoms with van der Waals surface area (Å²) in [6.45, 7) is 12.6.